The van der Waals surface area contributed by atoms with Gasteiger partial charge >= 0.3 is 6.03 Å². The van der Waals surface area contributed by atoms with Gasteiger partial charge in [0.1, 0.15) is 0 Å². The van der Waals surface area contributed by atoms with Gasteiger partial charge in [-0.15, -0.1) is 0 Å². The summed E-state index contributed by atoms with van der Waals surface area (Å²) in [5, 5.41) is 3.06. The van der Waals surface area contributed by atoms with E-state index in [1.807, 2.05) is 78.9 Å². The number of hydrogen-bond acceptors (Lipinski definition) is 4. The number of urea groups is 1. The molecule has 0 bridgehead atoms. The summed E-state index contributed by atoms with van der Waals surface area (Å²) in [6.07, 6.45) is 0.417. The summed E-state index contributed by atoms with van der Waals surface area (Å²) in [7, 11) is 0. The Kier molecular flexibility index (Phi) is 5.84. The van der Waals surface area contributed by atoms with Gasteiger partial charge < -0.3 is 10.2 Å². The molecular formula is C27H28N4O2. The van der Waals surface area contributed by atoms with Crippen LogP contribution in [0.15, 0.2) is 91.0 Å². The highest BCUT2D eigenvalue weighted by Crippen LogP contribution is 2.33. The van der Waals surface area contributed by atoms with Crippen molar-refractivity contribution in [2.45, 2.75) is 12.0 Å². The molecule has 6 heteroatoms. The van der Waals surface area contributed by atoms with Crippen molar-refractivity contribution in [3.8, 4) is 0 Å². The molecule has 0 spiro atoms. The first-order chi connectivity index (χ1) is 16.2. The number of para-hydroxylation sites is 1. The molecule has 33 heavy (non-hydrogen) atoms. The second-order valence-corrected chi connectivity index (χ2v) is 8.68. The number of hydrogen-bond donors (Lipinski definition) is 1. The van der Waals surface area contributed by atoms with E-state index < -0.39 is 5.54 Å². The van der Waals surface area contributed by atoms with Gasteiger partial charge in [0, 0.05) is 38.3 Å². The Labute approximate surface area is 194 Å². The third-order valence-electron chi connectivity index (χ3n) is 6.59. The zero-order chi connectivity index (χ0) is 22.7. The molecule has 3 aromatic rings. The van der Waals surface area contributed by atoms with Gasteiger partial charge in [0.2, 0.25) is 0 Å². The summed E-state index contributed by atoms with van der Waals surface area (Å²) in [6, 6.07) is 29.5. The Morgan fingerprint density at radius 3 is 1.94 bits per heavy atom. The first-order valence-electron chi connectivity index (χ1n) is 11.4. The average molecular weight is 441 g/mol. The molecule has 3 aromatic carbocycles. The number of anilines is 1. The molecule has 0 unspecified atom stereocenters. The van der Waals surface area contributed by atoms with Gasteiger partial charge in [0.05, 0.1) is 6.67 Å². The first kappa shape index (κ1) is 21.2. The summed E-state index contributed by atoms with van der Waals surface area (Å²) in [6.45, 7) is 3.62. The summed E-state index contributed by atoms with van der Waals surface area (Å²) in [5.74, 6) is -0.187. The lowest BCUT2D eigenvalue weighted by molar-refractivity contribution is -0.133. The number of nitrogens with zero attached hydrogens (tertiary/aromatic N) is 3. The molecule has 6 nitrogen and oxygen atoms in total. The molecule has 0 radical (unpaired) electrons. The van der Waals surface area contributed by atoms with Crippen LogP contribution in [0.25, 0.3) is 0 Å². The number of piperazine rings is 1. The Balaban J connectivity index is 1.33. The molecule has 1 atom stereocenters. The van der Waals surface area contributed by atoms with E-state index in [-0.39, 0.29) is 11.9 Å². The fourth-order valence-corrected chi connectivity index (χ4v) is 4.78. The molecule has 2 aliphatic rings. The molecule has 5 rings (SSSR count). The lowest BCUT2D eigenvalue weighted by Crippen LogP contribution is -2.52. The third kappa shape index (κ3) is 4.22. The molecule has 2 aliphatic heterocycles. The maximum Gasteiger partial charge on any atom is 0.326 e. The van der Waals surface area contributed by atoms with Gasteiger partial charge in [-0.25, -0.2) is 9.69 Å². The summed E-state index contributed by atoms with van der Waals surface area (Å²) < 4.78 is 0. The Morgan fingerprint density at radius 2 is 1.30 bits per heavy atom. The van der Waals surface area contributed by atoms with Crippen molar-refractivity contribution in [3.05, 3.63) is 102 Å². The minimum Gasteiger partial charge on any atom is -0.369 e. The van der Waals surface area contributed by atoms with Crippen molar-refractivity contribution >= 4 is 17.6 Å². The van der Waals surface area contributed by atoms with Crippen molar-refractivity contribution in [1.29, 1.82) is 0 Å². The highest BCUT2D eigenvalue weighted by atomic mass is 16.2. The highest BCUT2D eigenvalue weighted by molar-refractivity contribution is 6.07. The minimum absolute atomic E-state index is 0.187. The Bertz CT molecular complexity index is 1100. The molecule has 0 aliphatic carbocycles. The van der Waals surface area contributed by atoms with Crippen LogP contribution >= 0.6 is 0 Å². The first-order valence-corrected chi connectivity index (χ1v) is 11.4. The van der Waals surface area contributed by atoms with E-state index in [1.54, 1.807) is 0 Å². The van der Waals surface area contributed by atoms with Crippen LogP contribution in [0.1, 0.15) is 11.1 Å². The van der Waals surface area contributed by atoms with Crippen LogP contribution in [0.3, 0.4) is 0 Å². The van der Waals surface area contributed by atoms with E-state index in [9.17, 15) is 9.59 Å². The number of carbonyl (C=O) groups excluding carboxylic acids is 2. The van der Waals surface area contributed by atoms with Gasteiger partial charge in [-0.1, -0.05) is 78.9 Å². The van der Waals surface area contributed by atoms with Crippen LogP contribution in [0.5, 0.6) is 0 Å². The second-order valence-electron chi connectivity index (χ2n) is 8.68. The lowest BCUT2D eigenvalue weighted by Gasteiger charge is -2.37. The van der Waals surface area contributed by atoms with E-state index in [2.05, 4.69) is 27.2 Å². The molecule has 0 aromatic heterocycles. The van der Waals surface area contributed by atoms with E-state index in [0.717, 1.165) is 37.3 Å². The zero-order valence-corrected chi connectivity index (χ0v) is 18.6. The van der Waals surface area contributed by atoms with E-state index in [1.165, 1.54) is 10.6 Å². The van der Waals surface area contributed by atoms with Crippen LogP contribution in [0.4, 0.5) is 10.5 Å². The van der Waals surface area contributed by atoms with Gasteiger partial charge in [0.15, 0.2) is 5.54 Å². The molecule has 2 heterocycles. The maximum absolute atomic E-state index is 13.8. The largest absolute Gasteiger partial charge is 0.369 e. The molecule has 1 N–H and O–H groups in total. The number of amides is 3. The van der Waals surface area contributed by atoms with Crippen LogP contribution < -0.4 is 10.2 Å². The topological polar surface area (TPSA) is 55.9 Å². The van der Waals surface area contributed by atoms with Crippen molar-refractivity contribution < 1.29 is 9.59 Å². The number of rotatable bonds is 6. The minimum atomic E-state index is -1.09. The predicted octanol–water partition coefficient (Wildman–Crippen LogP) is 3.46. The highest BCUT2D eigenvalue weighted by Gasteiger charge is 2.52. The molecule has 168 valence electrons. The van der Waals surface area contributed by atoms with Crippen molar-refractivity contribution in [2.75, 3.05) is 37.7 Å². The van der Waals surface area contributed by atoms with E-state index in [0.29, 0.717) is 13.1 Å². The summed E-state index contributed by atoms with van der Waals surface area (Å²) >= 11 is 0. The number of imide groups is 1. The number of carbonyl (C=O) groups is 2. The molecule has 3 amide bonds. The Morgan fingerprint density at radius 1 is 0.727 bits per heavy atom. The van der Waals surface area contributed by atoms with E-state index >= 15 is 0 Å². The molecule has 2 fully saturated rings. The monoisotopic (exact) mass is 440 g/mol. The summed E-state index contributed by atoms with van der Waals surface area (Å²) in [4.78, 5) is 32.8. The molecule has 0 saturated carbocycles. The molecular weight excluding hydrogens is 412 g/mol. The quantitative estimate of drug-likeness (QED) is 0.597. The van der Waals surface area contributed by atoms with E-state index in [4.69, 9.17) is 0 Å². The smallest absolute Gasteiger partial charge is 0.326 e. The lowest BCUT2D eigenvalue weighted by atomic mass is 9.83. The average Bonchev–Trinajstić information content (AvgIpc) is 3.11. The second kappa shape index (κ2) is 9.08. The van der Waals surface area contributed by atoms with Gasteiger partial charge in [-0.05, 0) is 23.3 Å². The number of benzene rings is 3. The maximum atomic E-state index is 13.8. The summed E-state index contributed by atoms with van der Waals surface area (Å²) in [5.41, 5.74) is 1.93. The van der Waals surface area contributed by atoms with Crippen molar-refractivity contribution in [1.82, 2.24) is 15.1 Å². The number of nitrogens with one attached hydrogen (secondary N) is 1. The van der Waals surface area contributed by atoms with Gasteiger partial charge in [-0.2, -0.15) is 0 Å². The zero-order valence-electron chi connectivity index (χ0n) is 18.6. The van der Waals surface area contributed by atoms with Crippen molar-refractivity contribution in [3.63, 3.8) is 0 Å². The van der Waals surface area contributed by atoms with Crippen LogP contribution in [-0.4, -0.2) is 54.6 Å². The van der Waals surface area contributed by atoms with Crippen molar-refractivity contribution in [2.24, 2.45) is 0 Å². The normalized spacial score (nSPS) is 21.3. The predicted molar refractivity (Wildman–Crippen MR) is 129 cm³/mol. The van der Waals surface area contributed by atoms with Gasteiger partial charge in [-0.3, -0.25) is 9.69 Å². The standard InChI is InChI=1S/C27H28N4O2/c32-25-27(23-12-6-2-7-13-23,20-22-10-4-1-5-11-22)28-26(33)31(25)21-29-16-18-30(19-17-29)24-14-8-3-9-15-24/h1-15H,16-21H2,(H,28,33)/t27-/m1/s1. The third-order valence-corrected chi connectivity index (χ3v) is 6.59. The SMILES string of the molecule is O=C1N[C@](Cc2ccccc2)(c2ccccc2)C(=O)N1CN1CCN(c2ccccc2)CC1. The molecule has 2 saturated heterocycles. The van der Waals surface area contributed by atoms with Crippen LogP contribution in [0, 0.1) is 0 Å². The fourth-order valence-electron chi connectivity index (χ4n) is 4.78. The fraction of sp³-hybridized carbons (Fsp3) is 0.259. The van der Waals surface area contributed by atoms with Crippen LogP contribution in [0.2, 0.25) is 0 Å². The Hall–Kier alpha value is -3.64. The van der Waals surface area contributed by atoms with Gasteiger partial charge in [0.25, 0.3) is 5.91 Å². The van der Waals surface area contributed by atoms with Crippen LogP contribution in [-0.2, 0) is 16.8 Å².